The van der Waals surface area contributed by atoms with Crippen molar-refractivity contribution in [1.82, 2.24) is 4.90 Å². The summed E-state index contributed by atoms with van der Waals surface area (Å²) in [7, 11) is 0. The minimum absolute atomic E-state index is 0.0325. The molecular weight excluding hydrogens is 275 g/mol. The number of rotatable bonds is 3. The van der Waals surface area contributed by atoms with Gasteiger partial charge in [-0.25, -0.2) is 4.79 Å². The van der Waals surface area contributed by atoms with Crippen molar-refractivity contribution in [3.05, 3.63) is 35.4 Å². The Labute approximate surface area is 113 Å². The third-order valence-electron chi connectivity index (χ3n) is 3.19. The molecule has 1 aliphatic heterocycles. The minimum atomic E-state index is -4.48. The summed E-state index contributed by atoms with van der Waals surface area (Å²) in [6.07, 6.45) is -4.92. The van der Waals surface area contributed by atoms with Crippen LogP contribution in [0.5, 0.6) is 0 Å². The predicted molar refractivity (Wildman–Crippen MR) is 63.9 cm³/mol. The number of β-amino-alcohol motifs (C(OH)–C–C–N with tert-alkyl or cyclic N) is 1. The van der Waals surface area contributed by atoms with Gasteiger partial charge >= 0.3 is 12.3 Å². The van der Waals surface area contributed by atoms with Crippen LogP contribution in [0.15, 0.2) is 24.3 Å². The van der Waals surface area contributed by atoms with Crippen LogP contribution in [0.4, 0.5) is 18.0 Å². The van der Waals surface area contributed by atoms with Crippen molar-refractivity contribution >= 4 is 6.09 Å². The Kier molecular flexibility index (Phi) is 4.17. The molecule has 1 N–H and O–H groups in total. The van der Waals surface area contributed by atoms with Crippen LogP contribution >= 0.6 is 0 Å². The van der Waals surface area contributed by atoms with E-state index in [-0.39, 0.29) is 31.7 Å². The highest BCUT2D eigenvalue weighted by Crippen LogP contribution is 2.38. The maximum Gasteiger partial charge on any atom is 0.416 e. The molecule has 1 atom stereocenters. The molecule has 110 valence electrons. The average molecular weight is 289 g/mol. The Balaban J connectivity index is 2.41. The van der Waals surface area contributed by atoms with Gasteiger partial charge in [0.05, 0.1) is 24.8 Å². The number of hydrogen-bond donors (Lipinski definition) is 1. The molecule has 0 aliphatic carbocycles. The first-order chi connectivity index (χ1) is 9.45. The number of amides is 1. The summed E-state index contributed by atoms with van der Waals surface area (Å²) in [5.41, 5.74) is -0.729. The molecule has 4 nitrogen and oxygen atoms in total. The number of nitrogens with zero attached hydrogens (tertiary/aromatic N) is 1. The Morgan fingerprint density at radius 2 is 2.05 bits per heavy atom. The Bertz CT molecular complexity index is 490. The second-order valence-corrected chi connectivity index (χ2v) is 4.42. The first kappa shape index (κ1) is 14.6. The molecule has 1 amide bonds. The molecule has 1 saturated heterocycles. The number of aliphatic hydroxyl groups is 1. The summed E-state index contributed by atoms with van der Waals surface area (Å²) in [5.74, 6) is 0. The summed E-state index contributed by atoms with van der Waals surface area (Å²) in [6.45, 7) is -0.326. The van der Waals surface area contributed by atoms with Crippen LogP contribution in [0.25, 0.3) is 0 Å². The number of ether oxygens (including phenoxy) is 1. The highest BCUT2D eigenvalue weighted by molar-refractivity contribution is 5.69. The molecule has 1 heterocycles. The Hall–Kier alpha value is -1.76. The van der Waals surface area contributed by atoms with Gasteiger partial charge in [-0.1, -0.05) is 18.2 Å². The first-order valence-electron chi connectivity index (χ1n) is 6.15. The first-order valence-corrected chi connectivity index (χ1v) is 6.15. The SMILES string of the molecule is O=C1OCCC(c2ccccc2C(F)(F)F)N1CCO. The summed E-state index contributed by atoms with van der Waals surface area (Å²) in [6, 6.07) is 4.43. The van der Waals surface area contributed by atoms with Crippen LogP contribution in [0.1, 0.15) is 23.6 Å². The van der Waals surface area contributed by atoms with Crippen molar-refractivity contribution in [2.24, 2.45) is 0 Å². The molecule has 0 spiro atoms. The third-order valence-corrected chi connectivity index (χ3v) is 3.19. The smallest absolute Gasteiger partial charge is 0.416 e. The van der Waals surface area contributed by atoms with Crippen molar-refractivity contribution in [2.75, 3.05) is 19.8 Å². The van der Waals surface area contributed by atoms with E-state index in [0.29, 0.717) is 0 Å². The van der Waals surface area contributed by atoms with Crippen molar-refractivity contribution in [1.29, 1.82) is 0 Å². The van der Waals surface area contributed by atoms with E-state index in [0.717, 1.165) is 11.0 Å². The molecule has 1 fully saturated rings. The Morgan fingerprint density at radius 3 is 2.70 bits per heavy atom. The summed E-state index contributed by atoms with van der Waals surface area (Å²) >= 11 is 0. The van der Waals surface area contributed by atoms with E-state index in [1.54, 1.807) is 0 Å². The quantitative estimate of drug-likeness (QED) is 0.930. The number of benzene rings is 1. The molecule has 1 aliphatic rings. The maximum absolute atomic E-state index is 13.0. The van der Waals surface area contributed by atoms with Gasteiger partial charge in [0, 0.05) is 13.0 Å². The molecular formula is C13H14F3NO3. The minimum Gasteiger partial charge on any atom is -0.449 e. The van der Waals surface area contributed by atoms with E-state index in [1.807, 2.05) is 0 Å². The summed E-state index contributed by atoms with van der Waals surface area (Å²) < 4.78 is 43.9. The van der Waals surface area contributed by atoms with Gasteiger partial charge in [0.2, 0.25) is 0 Å². The highest BCUT2D eigenvalue weighted by Gasteiger charge is 2.38. The molecule has 2 rings (SSSR count). The molecule has 1 aromatic rings. The molecule has 0 radical (unpaired) electrons. The Morgan fingerprint density at radius 1 is 1.35 bits per heavy atom. The summed E-state index contributed by atoms with van der Waals surface area (Å²) in [4.78, 5) is 12.8. The van der Waals surface area contributed by atoms with E-state index in [1.165, 1.54) is 18.2 Å². The van der Waals surface area contributed by atoms with Gasteiger partial charge in [-0.3, -0.25) is 4.90 Å². The lowest BCUT2D eigenvalue weighted by Crippen LogP contribution is -2.42. The molecule has 7 heteroatoms. The van der Waals surface area contributed by atoms with Crippen LogP contribution < -0.4 is 0 Å². The van der Waals surface area contributed by atoms with Crippen LogP contribution in [-0.4, -0.2) is 35.9 Å². The van der Waals surface area contributed by atoms with Gasteiger partial charge < -0.3 is 9.84 Å². The van der Waals surface area contributed by atoms with Gasteiger partial charge in [0.25, 0.3) is 0 Å². The predicted octanol–water partition coefficient (Wildman–Crippen LogP) is 2.58. The van der Waals surface area contributed by atoms with Crippen LogP contribution in [0.3, 0.4) is 0 Å². The molecule has 0 bridgehead atoms. The van der Waals surface area contributed by atoms with E-state index < -0.39 is 23.9 Å². The number of hydrogen-bond acceptors (Lipinski definition) is 3. The van der Waals surface area contributed by atoms with E-state index in [9.17, 15) is 18.0 Å². The van der Waals surface area contributed by atoms with Crippen molar-refractivity contribution < 1.29 is 27.8 Å². The number of alkyl halides is 3. The lowest BCUT2D eigenvalue weighted by atomic mass is 9.96. The van der Waals surface area contributed by atoms with Gasteiger partial charge in [0.15, 0.2) is 0 Å². The fourth-order valence-corrected chi connectivity index (χ4v) is 2.35. The molecule has 1 aromatic carbocycles. The van der Waals surface area contributed by atoms with Gasteiger partial charge in [-0.2, -0.15) is 13.2 Å². The second-order valence-electron chi connectivity index (χ2n) is 4.42. The largest absolute Gasteiger partial charge is 0.449 e. The van der Waals surface area contributed by atoms with E-state index >= 15 is 0 Å². The van der Waals surface area contributed by atoms with Gasteiger partial charge in [-0.05, 0) is 11.6 Å². The second kappa shape index (κ2) is 5.70. The van der Waals surface area contributed by atoms with Crippen molar-refractivity contribution in [2.45, 2.75) is 18.6 Å². The average Bonchev–Trinajstić information content (AvgIpc) is 2.40. The molecule has 0 aromatic heterocycles. The molecule has 20 heavy (non-hydrogen) atoms. The van der Waals surface area contributed by atoms with Gasteiger partial charge in [-0.15, -0.1) is 0 Å². The molecule has 1 unspecified atom stereocenters. The number of cyclic esters (lactones) is 1. The fraction of sp³-hybridized carbons (Fsp3) is 0.462. The van der Waals surface area contributed by atoms with Crippen LogP contribution in [-0.2, 0) is 10.9 Å². The zero-order valence-corrected chi connectivity index (χ0v) is 10.6. The van der Waals surface area contributed by atoms with E-state index in [2.05, 4.69) is 0 Å². The standard InChI is InChI=1S/C13H14F3NO3/c14-13(15,16)10-4-2-1-3-9(10)11-5-8-20-12(19)17(11)6-7-18/h1-4,11,18H,5-8H2. The number of carbonyl (C=O) groups is 1. The third kappa shape index (κ3) is 2.87. The monoisotopic (exact) mass is 289 g/mol. The normalized spacial score (nSPS) is 19.9. The number of halogens is 3. The summed E-state index contributed by atoms with van der Waals surface area (Å²) in [5, 5.41) is 8.96. The lowest BCUT2D eigenvalue weighted by molar-refractivity contribution is -0.139. The van der Waals surface area contributed by atoms with Gasteiger partial charge in [0.1, 0.15) is 0 Å². The zero-order chi connectivity index (χ0) is 14.8. The highest BCUT2D eigenvalue weighted by atomic mass is 19.4. The molecule has 0 saturated carbocycles. The lowest BCUT2D eigenvalue weighted by Gasteiger charge is -2.35. The fourth-order valence-electron chi connectivity index (χ4n) is 2.35. The number of carbonyl (C=O) groups excluding carboxylic acids is 1. The zero-order valence-electron chi connectivity index (χ0n) is 10.6. The topological polar surface area (TPSA) is 49.8 Å². The number of aliphatic hydroxyl groups excluding tert-OH is 1. The van der Waals surface area contributed by atoms with E-state index in [4.69, 9.17) is 9.84 Å². The van der Waals surface area contributed by atoms with Crippen molar-refractivity contribution in [3.8, 4) is 0 Å². The maximum atomic E-state index is 13.0. The van der Waals surface area contributed by atoms with Crippen LogP contribution in [0.2, 0.25) is 0 Å². The van der Waals surface area contributed by atoms with Crippen LogP contribution in [0, 0.1) is 0 Å². The van der Waals surface area contributed by atoms with Crippen molar-refractivity contribution in [3.63, 3.8) is 0 Å².